The molecule has 1 unspecified atom stereocenters. The van der Waals surface area contributed by atoms with Gasteiger partial charge in [0, 0.05) is 5.56 Å². The summed E-state index contributed by atoms with van der Waals surface area (Å²) in [6.45, 7) is 4.93. The molecule has 0 aromatic heterocycles. The minimum atomic E-state index is -3.98. The molecule has 12 heteroatoms. The van der Waals surface area contributed by atoms with E-state index in [-0.39, 0.29) is 13.2 Å². The van der Waals surface area contributed by atoms with E-state index in [1.165, 1.54) is 4.90 Å². The summed E-state index contributed by atoms with van der Waals surface area (Å²) in [7, 11) is -3.98. The number of carbonyl (C=O) groups excluding carboxylic acids is 2. The van der Waals surface area contributed by atoms with Gasteiger partial charge in [0.25, 0.3) is 10.1 Å². The predicted molar refractivity (Wildman–Crippen MR) is 117 cm³/mol. The summed E-state index contributed by atoms with van der Waals surface area (Å²) >= 11 is 5.62. The van der Waals surface area contributed by atoms with Gasteiger partial charge in [-0.05, 0) is 20.8 Å². The number of likely N-dealkylation sites (tertiary alicyclic amines) is 1. The molecule has 0 aliphatic carbocycles. The van der Waals surface area contributed by atoms with Gasteiger partial charge in [-0.15, -0.1) is 11.6 Å². The molecule has 184 valence electrons. The van der Waals surface area contributed by atoms with Crippen molar-refractivity contribution in [2.24, 2.45) is 0 Å². The Morgan fingerprint density at radius 1 is 1.21 bits per heavy atom. The number of nitrogens with zero attached hydrogens (tertiary/aromatic N) is 1. The third-order valence-corrected chi connectivity index (χ3v) is 5.74. The van der Waals surface area contributed by atoms with Gasteiger partial charge in [0.15, 0.2) is 12.4 Å². The van der Waals surface area contributed by atoms with Crippen molar-refractivity contribution in [2.45, 2.75) is 57.0 Å². The molecule has 33 heavy (non-hydrogen) atoms. The van der Waals surface area contributed by atoms with Crippen LogP contribution in [0.2, 0.25) is 0 Å². The molecule has 1 aromatic rings. The monoisotopic (exact) mass is 505 g/mol. The molecule has 5 atom stereocenters. The van der Waals surface area contributed by atoms with Crippen LogP contribution in [0.4, 0.5) is 4.79 Å². The number of hydrogen-bond donors (Lipinski definition) is 0. The highest BCUT2D eigenvalue weighted by molar-refractivity contribution is 7.86. The van der Waals surface area contributed by atoms with Gasteiger partial charge in [0.05, 0.1) is 25.4 Å². The number of carbonyl (C=O) groups is 2. The van der Waals surface area contributed by atoms with Gasteiger partial charge in [0.1, 0.15) is 23.7 Å². The van der Waals surface area contributed by atoms with Crippen LogP contribution >= 0.6 is 11.6 Å². The van der Waals surface area contributed by atoms with E-state index in [1.807, 2.05) is 18.2 Å². The molecule has 1 aromatic carbocycles. The van der Waals surface area contributed by atoms with Gasteiger partial charge in [-0.25, -0.2) is 4.79 Å². The molecule has 0 spiro atoms. The zero-order chi connectivity index (χ0) is 24.4. The molecule has 0 saturated carbocycles. The van der Waals surface area contributed by atoms with Crippen LogP contribution in [-0.2, 0) is 38.0 Å². The van der Waals surface area contributed by atoms with Crippen molar-refractivity contribution in [1.82, 2.24) is 4.90 Å². The van der Waals surface area contributed by atoms with Crippen molar-refractivity contribution >= 4 is 33.8 Å². The number of esters is 1. The number of benzene rings is 1. The van der Waals surface area contributed by atoms with E-state index < -0.39 is 64.3 Å². The Morgan fingerprint density at radius 2 is 1.88 bits per heavy atom. The maximum Gasteiger partial charge on any atom is 0.410 e. The first-order valence-corrected chi connectivity index (χ1v) is 12.7. The Bertz CT molecular complexity index is 950. The molecular weight excluding hydrogens is 478 g/mol. The number of piperidine rings is 1. The molecule has 2 aliphatic rings. The Morgan fingerprint density at radius 3 is 2.45 bits per heavy atom. The SMILES string of the molecule is CC(C)(C)OC(=O)N1C[C@H](OS(C)(=O)=O)[C@@H](OC(=O)CCl)[C@@H]2OC(c3ccccc3)OC[C@H]21. The number of rotatable bonds is 5. The van der Waals surface area contributed by atoms with Crippen molar-refractivity contribution < 1.29 is 41.1 Å². The number of fused-ring (bicyclic) bond motifs is 1. The highest BCUT2D eigenvalue weighted by atomic mass is 35.5. The Kier molecular flexibility index (Phi) is 7.90. The maximum absolute atomic E-state index is 13.0. The van der Waals surface area contributed by atoms with Crippen molar-refractivity contribution in [3.05, 3.63) is 35.9 Å². The normalized spacial score (nSPS) is 28.0. The van der Waals surface area contributed by atoms with E-state index in [1.54, 1.807) is 32.9 Å². The lowest BCUT2D eigenvalue weighted by atomic mass is 9.93. The van der Waals surface area contributed by atoms with Crippen LogP contribution in [-0.4, -0.2) is 80.6 Å². The van der Waals surface area contributed by atoms with E-state index in [0.717, 1.165) is 6.26 Å². The molecule has 2 saturated heterocycles. The molecule has 0 radical (unpaired) electrons. The summed E-state index contributed by atoms with van der Waals surface area (Å²) < 4.78 is 52.1. The average molecular weight is 506 g/mol. The number of alkyl halides is 1. The van der Waals surface area contributed by atoms with E-state index in [2.05, 4.69) is 0 Å². The summed E-state index contributed by atoms with van der Waals surface area (Å²) in [6.07, 6.45) is -4.03. The third-order valence-electron chi connectivity index (χ3n) is 4.92. The van der Waals surface area contributed by atoms with E-state index in [9.17, 15) is 18.0 Å². The minimum absolute atomic E-state index is 0.0317. The predicted octanol–water partition coefficient (Wildman–Crippen LogP) is 2.22. The van der Waals surface area contributed by atoms with Crippen LogP contribution in [0.25, 0.3) is 0 Å². The topological polar surface area (TPSA) is 118 Å². The molecular formula is C21H28ClNO9S. The van der Waals surface area contributed by atoms with Gasteiger partial charge in [-0.1, -0.05) is 30.3 Å². The highest BCUT2D eigenvalue weighted by Crippen LogP contribution is 2.36. The standard InChI is InChI=1S/C21H28ClNO9S/c1-21(2,3)31-20(25)23-11-15(32-33(4,26)27)18(29-16(24)10-22)17-14(23)12-28-19(30-17)13-8-6-5-7-9-13/h5-9,14-15,17-19H,10-12H2,1-4H3/t14-,15+,17-,18-,19?/m1/s1. The van der Waals surface area contributed by atoms with Gasteiger partial charge < -0.3 is 18.9 Å². The lowest BCUT2D eigenvalue weighted by Gasteiger charge is -2.50. The summed E-state index contributed by atoms with van der Waals surface area (Å²) in [5, 5.41) is 0. The Hall–Kier alpha value is -1.92. The number of hydrogen-bond acceptors (Lipinski definition) is 9. The molecule has 1 amide bonds. The first-order valence-electron chi connectivity index (χ1n) is 10.3. The van der Waals surface area contributed by atoms with Gasteiger partial charge in [0.2, 0.25) is 0 Å². The fourth-order valence-electron chi connectivity index (χ4n) is 3.71. The second kappa shape index (κ2) is 10.1. The lowest BCUT2D eigenvalue weighted by Crippen LogP contribution is -2.68. The van der Waals surface area contributed by atoms with E-state index in [0.29, 0.717) is 5.56 Å². The Labute approximate surface area is 198 Å². The molecule has 2 fully saturated rings. The quantitative estimate of drug-likeness (QED) is 0.337. The molecule has 0 bridgehead atoms. The summed E-state index contributed by atoms with van der Waals surface area (Å²) in [5.41, 5.74) is -0.0988. The lowest BCUT2D eigenvalue weighted by molar-refractivity contribution is -0.284. The van der Waals surface area contributed by atoms with Crippen LogP contribution in [0.15, 0.2) is 30.3 Å². The van der Waals surface area contributed by atoms with Crippen molar-refractivity contribution in [3.63, 3.8) is 0 Å². The van der Waals surface area contributed by atoms with Gasteiger partial charge in [-0.3, -0.25) is 13.9 Å². The Balaban J connectivity index is 1.97. The zero-order valence-electron chi connectivity index (χ0n) is 18.8. The maximum atomic E-state index is 13.0. The fraction of sp³-hybridized carbons (Fsp3) is 0.619. The van der Waals surface area contributed by atoms with Crippen LogP contribution in [0.5, 0.6) is 0 Å². The average Bonchev–Trinajstić information content (AvgIpc) is 2.73. The first-order chi connectivity index (χ1) is 15.4. The van der Waals surface area contributed by atoms with Crippen molar-refractivity contribution in [2.75, 3.05) is 25.3 Å². The second-order valence-corrected chi connectivity index (χ2v) is 10.7. The molecule has 2 heterocycles. The molecule has 0 N–H and O–H groups in total. The van der Waals surface area contributed by atoms with E-state index >= 15 is 0 Å². The van der Waals surface area contributed by atoms with Crippen LogP contribution < -0.4 is 0 Å². The van der Waals surface area contributed by atoms with Gasteiger partial charge in [-0.2, -0.15) is 8.42 Å². The first kappa shape index (κ1) is 25.7. The van der Waals surface area contributed by atoms with Crippen LogP contribution in [0.1, 0.15) is 32.6 Å². The van der Waals surface area contributed by atoms with Crippen LogP contribution in [0.3, 0.4) is 0 Å². The highest BCUT2D eigenvalue weighted by Gasteiger charge is 2.53. The van der Waals surface area contributed by atoms with Crippen LogP contribution in [0, 0.1) is 0 Å². The number of halogens is 1. The molecule has 10 nitrogen and oxygen atoms in total. The molecule has 2 aliphatic heterocycles. The zero-order valence-corrected chi connectivity index (χ0v) is 20.4. The number of ether oxygens (including phenoxy) is 4. The van der Waals surface area contributed by atoms with Gasteiger partial charge >= 0.3 is 12.1 Å². The third kappa shape index (κ3) is 6.80. The van der Waals surface area contributed by atoms with Crippen molar-refractivity contribution in [3.8, 4) is 0 Å². The minimum Gasteiger partial charge on any atom is -0.456 e. The summed E-state index contributed by atoms with van der Waals surface area (Å²) in [5.74, 6) is -1.23. The van der Waals surface area contributed by atoms with E-state index in [4.69, 9.17) is 34.7 Å². The summed E-state index contributed by atoms with van der Waals surface area (Å²) in [6, 6.07) is 8.31. The number of amides is 1. The second-order valence-electron chi connectivity index (χ2n) is 8.80. The largest absolute Gasteiger partial charge is 0.456 e. The smallest absolute Gasteiger partial charge is 0.410 e. The van der Waals surface area contributed by atoms with Crippen molar-refractivity contribution in [1.29, 1.82) is 0 Å². The fourth-order valence-corrected chi connectivity index (χ4v) is 4.40. The summed E-state index contributed by atoms with van der Waals surface area (Å²) in [4.78, 5) is 26.3. The molecule has 3 rings (SSSR count).